The molecule has 2 nitrogen and oxygen atoms in total. The lowest BCUT2D eigenvalue weighted by Crippen LogP contribution is -2.03. The lowest BCUT2D eigenvalue weighted by Gasteiger charge is -2.11. The second-order valence-corrected chi connectivity index (χ2v) is 5.00. The number of nitrogens with one attached hydrogen (secondary N) is 1. The molecule has 0 saturated carbocycles. The van der Waals surface area contributed by atoms with E-state index < -0.39 is 0 Å². The zero-order chi connectivity index (χ0) is 14.2. The molecule has 20 heavy (non-hydrogen) atoms. The van der Waals surface area contributed by atoms with E-state index in [0.29, 0.717) is 6.61 Å². The third-order valence-electron chi connectivity index (χ3n) is 3.39. The van der Waals surface area contributed by atoms with Crippen molar-refractivity contribution in [2.45, 2.75) is 32.9 Å². The van der Waals surface area contributed by atoms with Crippen LogP contribution in [0.4, 0.5) is 5.69 Å². The van der Waals surface area contributed by atoms with E-state index >= 15 is 0 Å². The fraction of sp³-hybridized carbons (Fsp3) is 0.333. The highest BCUT2D eigenvalue weighted by Crippen LogP contribution is 2.15. The highest BCUT2D eigenvalue weighted by molar-refractivity contribution is 5.45. The van der Waals surface area contributed by atoms with Gasteiger partial charge in [-0.15, -0.1) is 0 Å². The van der Waals surface area contributed by atoms with Crippen molar-refractivity contribution in [3.8, 4) is 0 Å². The van der Waals surface area contributed by atoms with Crippen molar-refractivity contribution in [3.05, 3.63) is 65.2 Å². The maximum absolute atomic E-state index is 5.24. The Morgan fingerprint density at radius 3 is 2.30 bits per heavy atom. The average Bonchev–Trinajstić information content (AvgIpc) is 2.48. The first-order chi connectivity index (χ1) is 9.83. The van der Waals surface area contributed by atoms with Crippen molar-refractivity contribution < 1.29 is 4.74 Å². The van der Waals surface area contributed by atoms with Gasteiger partial charge in [-0.25, -0.2) is 0 Å². The minimum absolute atomic E-state index is 0.660. The second kappa shape index (κ2) is 7.71. The maximum Gasteiger partial charge on any atom is 0.0716 e. The lowest BCUT2D eigenvalue weighted by atomic mass is 10.1. The van der Waals surface area contributed by atoms with Gasteiger partial charge in [0.05, 0.1) is 6.61 Å². The summed E-state index contributed by atoms with van der Waals surface area (Å²) in [6.07, 6.45) is 2.34. The number of rotatable bonds is 7. The summed E-state index contributed by atoms with van der Waals surface area (Å²) in [7, 11) is 1.73. The summed E-state index contributed by atoms with van der Waals surface area (Å²) in [5.41, 5.74) is 5.09. The molecule has 0 aromatic heterocycles. The van der Waals surface area contributed by atoms with Crippen LogP contribution in [0.15, 0.2) is 48.5 Å². The van der Waals surface area contributed by atoms with Gasteiger partial charge in [0, 0.05) is 19.3 Å². The van der Waals surface area contributed by atoms with Crippen molar-refractivity contribution in [2.24, 2.45) is 0 Å². The molecule has 106 valence electrons. The molecule has 0 heterocycles. The Morgan fingerprint density at radius 2 is 1.65 bits per heavy atom. The number of ether oxygens (including phenoxy) is 1. The number of benzene rings is 2. The summed E-state index contributed by atoms with van der Waals surface area (Å²) in [5, 5.41) is 3.47. The van der Waals surface area contributed by atoms with Crippen molar-refractivity contribution in [3.63, 3.8) is 0 Å². The minimum Gasteiger partial charge on any atom is -0.381 e. The topological polar surface area (TPSA) is 21.3 Å². The smallest absolute Gasteiger partial charge is 0.0716 e. The standard InChI is InChI=1S/C18H23NO/c1-3-6-15-9-11-18(12-10-15)19-13-16-7-4-5-8-17(16)14-20-2/h4-5,7-12,19H,3,6,13-14H2,1-2H3. The summed E-state index contributed by atoms with van der Waals surface area (Å²) < 4.78 is 5.24. The Kier molecular flexibility index (Phi) is 5.63. The van der Waals surface area contributed by atoms with Gasteiger partial charge in [0.1, 0.15) is 0 Å². The third kappa shape index (κ3) is 4.10. The molecule has 0 saturated heterocycles. The van der Waals surface area contributed by atoms with Crippen LogP contribution < -0.4 is 5.32 Å². The van der Waals surface area contributed by atoms with Crippen LogP contribution in [0.1, 0.15) is 30.0 Å². The SMILES string of the molecule is CCCc1ccc(NCc2ccccc2COC)cc1. The van der Waals surface area contributed by atoms with E-state index in [9.17, 15) is 0 Å². The molecule has 0 aliphatic heterocycles. The normalized spacial score (nSPS) is 10.5. The third-order valence-corrected chi connectivity index (χ3v) is 3.39. The zero-order valence-corrected chi connectivity index (χ0v) is 12.4. The van der Waals surface area contributed by atoms with Crippen LogP contribution in [0.3, 0.4) is 0 Å². The van der Waals surface area contributed by atoms with E-state index in [1.165, 1.54) is 23.1 Å². The predicted octanol–water partition coefficient (Wildman–Crippen LogP) is 4.40. The molecule has 0 bridgehead atoms. The van der Waals surface area contributed by atoms with Crippen LogP contribution in [-0.4, -0.2) is 7.11 Å². The highest BCUT2D eigenvalue weighted by Gasteiger charge is 2.01. The van der Waals surface area contributed by atoms with Gasteiger partial charge in [0.15, 0.2) is 0 Å². The molecule has 2 rings (SSSR count). The van der Waals surface area contributed by atoms with Crippen molar-refractivity contribution in [2.75, 3.05) is 12.4 Å². The van der Waals surface area contributed by atoms with Crippen molar-refractivity contribution in [1.29, 1.82) is 0 Å². The lowest BCUT2D eigenvalue weighted by molar-refractivity contribution is 0.184. The Balaban J connectivity index is 1.97. The van der Waals surface area contributed by atoms with E-state index in [1.54, 1.807) is 7.11 Å². The van der Waals surface area contributed by atoms with Gasteiger partial charge < -0.3 is 10.1 Å². The molecule has 2 aromatic rings. The minimum atomic E-state index is 0.660. The van der Waals surface area contributed by atoms with E-state index in [1.807, 2.05) is 0 Å². The number of anilines is 1. The fourth-order valence-electron chi connectivity index (χ4n) is 2.30. The Hall–Kier alpha value is -1.80. The van der Waals surface area contributed by atoms with Gasteiger partial charge in [0.25, 0.3) is 0 Å². The van der Waals surface area contributed by atoms with E-state index in [0.717, 1.165) is 18.7 Å². The molecule has 0 spiro atoms. The van der Waals surface area contributed by atoms with Crippen LogP contribution in [-0.2, 0) is 24.3 Å². The van der Waals surface area contributed by atoms with Gasteiger partial charge in [-0.2, -0.15) is 0 Å². The summed E-state index contributed by atoms with van der Waals surface area (Å²) in [6, 6.07) is 17.1. The van der Waals surface area contributed by atoms with Gasteiger partial charge in [0.2, 0.25) is 0 Å². The first-order valence-electron chi connectivity index (χ1n) is 7.22. The molecule has 2 aromatic carbocycles. The quantitative estimate of drug-likeness (QED) is 0.804. The van der Waals surface area contributed by atoms with Crippen molar-refractivity contribution in [1.82, 2.24) is 0 Å². The summed E-state index contributed by atoms with van der Waals surface area (Å²) >= 11 is 0. The highest BCUT2D eigenvalue weighted by atomic mass is 16.5. The molecule has 1 N–H and O–H groups in total. The number of methoxy groups -OCH3 is 1. The molecular formula is C18H23NO. The molecule has 0 aliphatic rings. The van der Waals surface area contributed by atoms with Gasteiger partial charge in [-0.1, -0.05) is 49.7 Å². The second-order valence-electron chi connectivity index (χ2n) is 5.00. The van der Waals surface area contributed by atoms with Crippen LogP contribution >= 0.6 is 0 Å². The Bertz CT molecular complexity index is 519. The molecular weight excluding hydrogens is 246 g/mol. The number of aryl methyl sites for hydroxylation is 1. The molecule has 0 aliphatic carbocycles. The van der Waals surface area contributed by atoms with Gasteiger partial charge >= 0.3 is 0 Å². The van der Waals surface area contributed by atoms with Gasteiger partial charge in [-0.3, -0.25) is 0 Å². The first kappa shape index (κ1) is 14.6. The van der Waals surface area contributed by atoms with Crippen molar-refractivity contribution >= 4 is 5.69 Å². The number of hydrogen-bond acceptors (Lipinski definition) is 2. The predicted molar refractivity (Wildman–Crippen MR) is 84.9 cm³/mol. The largest absolute Gasteiger partial charge is 0.381 e. The molecule has 0 fully saturated rings. The summed E-state index contributed by atoms with van der Waals surface area (Å²) in [6.45, 7) is 3.69. The summed E-state index contributed by atoms with van der Waals surface area (Å²) in [4.78, 5) is 0. The molecule has 0 amide bonds. The molecule has 2 heteroatoms. The molecule has 0 unspecified atom stereocenters. The van der Waals surface area contributed by atoms with E-state index in [4.69, 9.17) is 4.74 Å². The number of hydrogen-bond donors (Lipinski definition) is 1. The van der Waals surface area contributed by atoms with Gasteiger partial charge in [-0.05, 0) is 35.2 Å². The van der Waals surface area contributed by atoms with Crippen LogP contribution in [0.2, 0.25) is 0 Å². The zero-order valence-electron chi connectivity index (χ0n) is 12.4. The molecule has 0 atom stereocenters. The first-order valence-corrected chi connectivity index (χ1v) is 7.22. The fourth-order valence-corrected chi connectivity index (χ4v) is 2.30. The maximum atomic E-state index is 5.24. The van der Waals surface area contributed by atoms with Crippen LogP contribution in [0.5, 0.6) is 0 Å². The molecule has 0 radical (unpaired) electrons. The van der Waals surface area contributed by atoms with E-state index in [-0.39, 0.29) is 0 Å². The monoisotopic (exact) mass is 269 g/mol. The Labute approximate surface area is 121 Å². The van der Waals surface area contributed by atoms with Crippen LogP contribution in [0.25, 0.3) is 0 Å². The summed E-state index contributed by atoms with van der Waals surface area (Å²) in [5.74, 6) is 0. The average molecular weight is 269 g/mol. The van der Waals surface area contributed by atoms with E-state index in [2.05, 4.69) is 60.8 Å². The Morgan fingerprint density at radius 1 is 0.950 bits per heavy atom. The van der Waals surface area contributed by atoms with Crippen LogP contribution in [0, 0.1) is 0 Å².